The van der Waals surface area contributed by atoms with E-state index in [0.29, 0.717) is 5.82 Å². The first-order chi connectivity index (χ1) is 5.29. The van der Waals surface area contributed by atoms with Gasteiger partial charge in [-0.3, -0.25) is 0 Å². The van der Waals surface area contributed by atoms with E-state index in [0.717, 1.165) is 10.7 Å². The number of imidazole rings is 1. The first-order valence-electron chi connectivity index (χ1n) is 3.10. The first kappa shape index (κ1) is 6.60. The van der Waals surface area contributed by atoms with Crippen LogP contribution in [0.1, 0.15) is 0 Å². The quantitative estimate of drug-likeness (QED) is 0.460. The van der Waals surface area contributed by atoms with E-state index in [1.54, 1.807) is 10.9 Å². The molecule has 5 heteroatoms. The lowest BCUT2D eigenvalue weighted by Gasteiger charge is -2.04. The van der Waals surface area contributed by atoms with Crippen molar-refractivity contribution in [3.8, 4) is 11.5 Å². The van der Waals surface area contributed by atoms with E-state index in [4.69, 9.17) is 0 Å². The van der Waals surface area contributed by atoms with Crippen LogP contribution in [0.15, 0.2) is 17.7 Å². The molecule has 0 aromatic rings. The lowest BCUT2D eigenvalue weighted by molar-refractivity contribution is 0.768. The molecule has 0 bridgehead atoms. The Morgan fingerprint density at radius 3 is 3.00 bits per heavy atom. The molecule has 0 saturated heterocycles. The van der Waals surface area contributed by atoms with Gasteiger partial charge in [-0.05, 0) is 0 Å². The zero-order valence-electron chi connectivity index (χ0n) is 5.89. The fourth-order valence-electron chi connectivity index (χ4n) is 0.875. The predicted octanol–water partition coefficient (Wildman–Crippen LogP) is 0.604. The van der Waals surface area contributed by atoms with Crippen LogP contribution < -0.4 is 0 Å². The van der Waals surface area contributed by atoms with Crippen LogP contribution in [0.2, 0.25) is 0 Å². The number of aryl methyl sites for hydroxylation is 1. The van der Waals surface area contributed by atoms with Gasteiger partial charge in [-0.25, -0.2) is 15.0 Å². The Kier molecular flexibility index (Phi) is 1.32. The molecule has 0 aromatic carbocycles. The number of aromatic nitrogens is 4. The van der Waals surface area contributed by atoms with Crippen LogP contribution in [0.4, 0.5) is 0 Å². The van der Waals surface area contributed by atoms with Crippen molar-refractivity contribution in [2.75, 3.05) is 0 Å². The molecular formula is C6H6N4S. The number of rotatable bonds is 0. The summed E-state index contributed by atoms with van der Waals surface area (Å²) in [4.78, 5) is 12.0. The minimum absolute atomic E-state index is 0.646. The van der Waals surface area contributed by atoms with Crippen molar-refractivity contribution in [2.45, 2.75) is 5.03 Å². The van der Waals surface area contributed by atoms with Crippen molar-refractivity contribution in [1.29, 1.82) is 0 Å². The number of nitrogens with zero attached hydrogens (tertiary/aromatic N) is 4. The van der Waals surface area contributed by atoms with Gasteiger partial charge in [0.2, 0.25) is 0 Å². The highest BCUT2D eigenvalue weighted by Gasteiger charge is 2.10. The maximum atomic E-state index is 4.25. The highest BCUT2D eigenvalue weighted by Crippen LogP contribution is 2.20. The summed E-state index contributed by atoms with van der Waals surface area (Å²) in [5.74, 6) is 0.646. The molecule has 11 heavy (non-hydrogen) atoms. The van der Waals surface area contributed by atoms with E-state index >= 15 is 0 Å². The van der Waals surface area contributed by atoms with Gasteiger partial charge in [0, 0.05) is 7.05 Å². The van der Waals surface area contributed by atoms with Gasteiger partial charge >= 0.3 is 0 Å². The monoisotopic (exact) mass is 166 g/mol. The Bertz CT molecular complexity index is 356. The Morgan fingerprint density at radius 2 is 2.18 bits per heavy atom. The standard InChI is InChI=1S/C6H6N4S/c1-10-3-9-5-4(6(10)11)7-2-8-5/h2-3,11H,1H3. The van der Waals surface area contributed by atoms with Gasteiger partial charge in [0.1, 0.15) is 17.0 Å². The van der Waals surface area contributed by atoms with E-state index < -0.39 is 0 Å². The molecule has 0 atom stereocenters. The largest absolute Gasteiger partial charge is 0.328 e. The minimum Gasteiger partial charge on any atom is -0.328 e. The van der Waals surface area contributed by atoms with Crippen LogP contribution in [0.5, 0.6) is 0 Å². The molecule has 4 nitrogen and oxygen atoms in total. The molecule has 2 aliphatic heterocycles. The van der Waals surface area contributed by atoms with Crippen molar-refractivity contribution >= 4 is 12.6 Å². The molecule has 2 rings (SSSR count). The van der Waals surface area contributed by atoms with Crippen LogP contribution in [0, 0.1) is 0 Å². The van der Waals surface area contributed by atoms with Crippen LogP contribution >= 0.6 is 12.6 Å². The summed E-state index contributed by atoms with van der Waals surface area (Å²) in [6.07, 6.45) is 3.15. The maximum Gasteiger partial charge on any atom is 0.183 e. The number of thiol groups is 1. The van der Waals surface area contributed by atoms with Crippen LogP contribution in [-0.2, 0) is 7.05 Å². The maximum absolute atomic E-state index is 4.25. The van der Waals surface area contributed by atoms with E-state index in [2.05, 4.69) is 27.6 Å². The molecule has 0 fully saturated rings. The first-order valence-corrected chi connectivity index (χ1v) is 3.55. The fraction of sp³-hybridized carbons (Fsp3) is 0.167. The van der Waals surface area contributed by atoms with Gasteiger partial charge in [-0.1, -0.05) is 0 Å². The van der Waals surface area contributed by atoms with E-state index in [1.807, 2.05) is 7.05 Å². The minimum atomic E-state index is 0.646. The number of hydrogen-bond donors (Lipinski definition) is 1. The highest BCUT2D eigenvalue weighted by molar-refractivity contribution is 7.80. The van der Waals surface area contributed by atoms with Crippen molar-refractivity contribution in [3.05, 3.63) is 12.7 Å². The average Bonchev–Trinajstić information content (AvgIpc) is 2.45. The topological polar surface area (TPSA) is 43.6 Å². The van der Waals surface area contributed by atoms with Gasteiger partial charge in [-0.2, -0.15) is 0 Å². The lowest BCUT2D eigenvalue weighted by atomic mass is 10.4. The highest BCUT2D eigenvalue weighted by atomic mass is 32.1. The summed E-state index contributed by atoms with van der Waals surface area (Å²) >= 11 is 4.25. The summed E-state index contributed by atoms with van der Waals surface area (Å²) in [5, 5.41) is 0.785. The van der Waals surface area contributed by atoms with Crippen molar-refractivity contribution in [1.82, 2.24) is 19.5 Å². The third-order valence-electron chi connectivity index (χ3n) is 1.48. The molecule has 0 amide bonds. The normalized spacial score (nSPS) is 10.7. The summed E-state index contributed by atoms with van der Waals surface area (Å²) in [5.41, 5.74) is 0.748. The third-order valence-corrected chi connectivity index (χ3v) is 2.01. The van der Waals surface area contributed by atoms with Crippen LogP contribution in [-0.4, -0.2) is 19.5 Å². The van der Waals surface area contributed by atoms with Crippen LogP contribution in [0.3, 0.4) is 0 Å². The molecular weight excluding hydrogens is 160 g/mol. The second-order valence-corrected chi connectivity index (χ2v) is 2.65. The Labute approximate surface area is 69.1 Å². The Hall–Kier alpha value is -1.10. The second-order valence-electron chi connectivity index (χ2n) is 2.22. The average molecular weight is 166 g/mol. The summed E-state index contributed by atoms with van der Waals surface area (Å²) < 4.78 is 1.79. The van der Waals surface area contributed by atoms with Gasteiger partial charge in [-0.15, -0.1) is 12.6 Å². The zero-order valence-corrected chi connectivity index (χ0v) is 6.79. The number of fused-ring (bicyclic) bond motifs is 1. The zero-order chi connectivity index (χ0) is 7.84. The SMILES string of the molecule is Cn1cnc2ncnc-2c1S. The smallest absolute Gasteiger partial charge is 0.183 e. The molecule has 0 saturated carbocycles. The molecule has 0 N–H and O–H groups in total. The molecule has 0 aromatic heterocycles. The Morgan fingerprint density at radius 1 is 1.36 bits per heavy atom. The van der Waals surface area contributed by atoms with Crippen molar-refractivity contribution in [3.63, 3.8) is 0 Å². The van der Waals surface area contributed by atoms with Crippen molar-refractivity contribution < 1.29 is 0 Å². The van der Waals surface area contributed by atoms with Gasteiger partial charge in [0.25, 0.3) is 0 Å². The predicted molar refractivity (Wildman–Crippen MR) is 42.7 cm³/mol. The summed E-state index contributed by atoms with van der Waals surface area (Å²) in [7, 11) is 1.86. The molecule has 0 radical (unpaired) electrons. The molecule has 0 spiro atoms. The van der Waals surface area contributed by atoms with E-state index in [1.165, 1.54) is 6.33 Å². The second kappa shape index (κ2) is 2.20. The van der Waals surface area contributed by atoms with Crippen molar-refractivity contribution in [2.24, 2.45) is 7.05 Å². The molecule has 2 heterocycles. The van der Waals surface area contributed by atoms with E-state index in [-0.39, 0.29) is 0 Å². The molecule has 0 aliphatic carbocycles. The fourth-order valence-corrected chi connectivity index (χ4v) is 1.08. The molecule has 0 unspecified atom stereocenters. The van der Waals surface area contributed by atoms with Gasteiger partial charge in [0.15, 0.2) is 5.82 Å². The third kappa shape index (κ3) is 0.883. The van der Waals surface area contributed by atoms with E-state index in [9.17, 15) is 0 Å². The Balaban J connectivity index is 2.81. The summed E-state index contributed by atoms with van der Waals surface area (Å²) in [6, 6.07) is 0. The molecule has 56 valence electrons. The van der Waals surface area contributed by atoms with Crippen LogP contribution in [0.25, 0.3) is 11.5 Å². The van der Waals surface area contributed by atoms with Gasteiger partial charge < -0.3 is 4.57 Å². The van der Waals surface area contributed by atoms with Gasteiger partial charge in [0.05, 0.1) is 6.33 Å². The number of hydrogen-bond acceptors (Lipinski definition) is 4. The molecule has 2 aliphatic rings. The summed E-state index contributed by atoms with van der Waals surface area (Å²) in [6.45, 7) is 0. The lowest BCUT2D eigenvalue weighted by Crippen LogP contribution is -1.99.